The number of hydrogen-bond donors (Lipinski definition) is 1. The summed E-state index contributed by atoms with van der Waals surface area (Å²) in [6.07, 6.45) is 0. The molecule has 0 spiro atoms. The van der Waals surface area contributed by atoms with Gasteiger partial charge in [-0.05, 0) is 18.2 Å². The highest BCUT2D eigenvalue weighted by Gasteiger charge is 2.25. The Kier molecular flexibility index (Phi) is 4.72. The number of benzene rings is 1. The molecular formula is C14H19BrN4O2. The average Bonchev–Trinajstić information content (AvgIpc) is 2.44. The smallest absolute Gasteiger partial charge is 0.319 e. The molecule has 1 aliphatic heterocycles. The molecule has 0 unspecified atom stereocenters. The number of hydrogen-bond acceptors (Lipinski definition) is 3. The van der Waals surface area contributed by atoms with Gasteiger partial charge in [-0.15, -0.1) is 0 Å². The first-order chi connectivity index (χ1) is 9.88. The van der Waals surface area contributed by atoms with Crippen LogP contribution in [0.3, 0.4) is 0 Å². The number of nitrogens with two attached hydrogens (primary N) is 1. The Morgan fingerprint density at radius 3 is 2.19 bits per heavy atom. The maximum absolute atomic E-state index is 12.5. The van der Waals surface area contributed by atoms with Gasteiger partial charge in [0.15, 0.2) is 0 Å². The van der Waals surface area contributed by atoms with E-state index in [1.807, 2.05) is 0 Å². The van der Waals surface area contributed by atoms with E-state index in [9.17, 15) is 9.59 Å². The molecule has 0 aromatic heterocycles. The Hall–Kier alpha value is -1.76. The number of nitrogens with zero attached hydrogens (tertiary/aromatic N) is 3. The molecule has 3 amide bonds. The van der Waals surface area contributed by atoms with Crippen LogP contribution in [0.5, 0.6) is 0 Å². The maximum atomic E-state index is 12.5. The fourth-order valence-corrected chi connectivity index (χ4v) is 2.81. The van der Waals surface area contributed by atoms with Crippen LogP contribution in [-0.4, -0.2) is 66.9 Å². The summed E-state index contributed by atoms with van der Waals surface area (Å²) in [5.74, 6) is -0.0556. The molecule has 1 fully saturated rings. The minimum absolute atomic E-state index is 0.0196. The van der Waals surface area contributed by atoms with Crippen LogP contribution in [0.4, 0.5) is 10.5 Å². The first kappa shape index (κ1) is 15.6. The molecule has 0 radical (unpaired) electrons. The molecule has 1 aromatic rings. The number of piperazine rings is 1. The van der Waals surface area contributed by atoms with Crippen molar-refractivity contribution in [3.05, 3.63) is 28.2 Å². The van der Waals surface area contributed by atoms with Crippen LogP contribution in [-0.2, 0) is 0 Å². The van der Waals surface area contributed by atoms with E-state index in [1.165, 1.54) is 0 Å². The normalized spacial score (nSPS) is 15.0. The third kappa shape index (κ3) is 3.66. The van der Waals surface area contributed by atoms with Gasteiger partial charge < -0.3 is 20.4 Å². The summed E-state index contributed by atoms with van der Waals surface area (Å²) in [6, 6.07) is 5.17. The van der Waals surface area contributed by atoms with Crippen molar-refractivity contribution in [2.24, 2.45) is 0 Å². The minimum atomic E-state index is -0.0556. The third-order valence-electron chi connectivity index (χ3n) is 3.39. The van der Waals surface area contributed by atoms with Crippen molar-refractivity contribution in [3.63, 3.8) is 0 Å². The van der Waals surface area contributed by atoms with Crippen molar-refractivity contribution in [1.29, 1.82) is 0 Å². The Balaban J connectivity index is 2.02. The number of carbonyl (C=O) groups is 2. The molecule has 1 saturated heterocycles. The largest absolute Gasteiger partial charge is 0.399 e. The number of anilines is 1. The predicted molar refractivity (Wildman–Crippen MR) is 85.1 cm³/mol. The Morgan fingerprint density at radius 1 is 1.10 bits per heavy atom. The molecule has 6 nitrogen and oxygen atoms in total. The van der Waals surface area contributed by atoms with Crippen LogP contribution in [0.25, 0.3) is 0 Å². The predicted octanol–water partition coefficient (Wildman–Crippen LogP) is 1.47. The Morgan fingerprint density at radius 2 is 1.67 bits per heavy atom. The van der Waals surface area contributed by atoms with E-state index in [4.69, 9.17) is 5.73 Å². The van der Waals surface area contributed by atoms with Gasteiger partial charge in [0.1, 0.15) is 0 Å². The van der Waals surface area contributed by atoms with E-state index in [-0.39, 0.29) is 11.9 Å². The highest BCUT2D eigenvalue weighted by atomic mass is 79.9. The SMILES string of the molecule is CN(C)C(=O)N1CCN(C(=O)c2cc(N)cc(Br)c2)CC1. The number of halogens is 1. The van der Waals surface area contributed by atoms with Gasteiger partial charge in [-0.25, -0.2) is 4.79 Å². The first-order valence-electron chi connectivity index (χ1n) is 6.70. The quantitative estimate of drug-likeness (QED) is 0.776. The van der Waals surface area contributed by atoms with Gasteiger partial charge in [0, 0.05) is 56.0 Å². The fourth-order valence-electron chi connectivity index (χ4n) is 2.30. The zero-order valence-electron chi connectivity index (χ0n) is 12.2. The summed E-state index contributed by atoms with van der Waals surface area (Å²) in [7, 11) is 3.45. The second kappa shape index (κ2) is 6.34. The van der Waals surface area contributed by atoms with Gasteiger partial charge in [0.2, 0.25) is 0 Å². The lowest BCUT2D eigenvalue weighted by Gasteiger charge is -2.36. The summed E-state index contributed by atoms with van der Waals surface area (Å²) in [6.45, 7) is 2.16. The molecule has 2 rings (SSSR count). The summed E-state index contributed by atoms with van der Waals surface area (Å²) in [5.41, 5.74) is 6.88. The van der Waals surface area contributed by atoms with E-state index < -0.39 is 0 Å². The lowest BCUT2D eigenvalue weighted by Crippen LogP contribution is -2.52. The van der Waals surface area contributed by atoms with Crippen molar-refractivity contribution in [1.82, 2.24) is 14.7 Å². The van der Waals surface area contributed by atoms with Gasteiger partial charge >= 0.3 is 6.03 Å². The molecule has 1 aliphatic rings. The highest BCUT2D eigenvalue weighted by molar-refractivity contribution is 9.10. The molecular weight excluding hydrogens is 336 g/mol. The molecule has 0 saturated carbocycles. The second-order valence-corrected chi connectivity index (χ2v) is 6.15. The molecule has 114 valence electrons. The number of nitrogen functional groups attached to an aromatic ring is 1. The third-order valence-corrected chi connectivity index (χ3v) is 3.84. The summed E-state index contributed by atoms with van der Waals surface area (Å²) >= 11 is 3.34. The molecule has 7 heteroatoms. The zero-order chi connectivity index (χ0) is 15.6. The fraction of sp³-hybridized carbons (Fsp3) is 0.429. The van der Waals surface area contributed by atoms with Crippen molar-refractivity contribution in [2.75, 3.05) is 46.0 Å². The lowest BCUT2D eigenvalue weighted by molar-refractivity contribution is 0.0650. The topological polar surface area (TPSA) is 69.9 Å². The van der Waals surface area contributed by atoms with E-state index in [1.54, 1.807) is 47.0 Å². The summed E-state index contributed by atoms with van der Waals surface area (Å²) in [5, 5.41) is 0. The zero-order valence-corrected chi connectivity index (χ0v) is 13.8. The van der Waals surface area contributed by atoms with E-state index in [0.29, 0.717) is 37.4 Å². The number of amides is 3. The minimum Gasteiger partial charge on any atom is -0.399 e. The summed E-state index contributed by atoms with van der Waals surface area (Å²) < 4.78 is 0.785. The average molecular weight is 355 g/mol. The maximum Gasteiger partial charge on any atom is 0.319 e. The summed E-state index contributed by atoms with van der Waals surface area (Å²) in [4.78, 5) is 29.4. The number of carbonyl (C=O) groups excluding carboxylic acids is 2. The van der Waals surface area contributed by atoms with Crippen molar-refractivity contribution >= 4 is 33.6 Å². The molecule has 21 heavy (non-hydrogen) atoms. The van der Waals surface area contributed by atoms with Crippen LogP contribution in [0.2, 0.25) is 0 Å². The van der Waals surface area contributed by atoms with Crippen LogP contribution in [0.15, 0.2) is 22.7 Å². The second-order valence-electron chi connectivity index (χ2n) is 5.23. The van der Waals surface area contributed by atoms with E-state index in [0.717, 1.165) is 4.47 Å². The van der Waals surface area contributed by atoms with Gasteiger partial charge in [-0.2, -0.15) is 0 Å². The number of urea groups is 1. The van der Waals surface area contributed by atoms with Crippen molar-refractivity contribution in [2.45, 2.75) is 0 Å². The highest BCUT2D eigenvalue weighted by Crippen LogP contribution is 2.19. The first-order valence-corrected chi connectivity index (χ1v) is 7.49. The molecule has 2 N–H and O–H groups in total. The molecule has 0 aliphatic carbocycles. The van der Waals surface area contributed by atoms with Gasteiger partial charge in [0.25, 0.3) is 5.91 Å². The molecule has 1 heterocycles. The van der Waals surface area contributed by atoms with Crippen molar-refractivity contribution < 1.29 is 9.59 Å². The van der Waals surface area contributed by atoms with Crippen LogP contribution in [0.1, 0.15) is 10.4 Å². The standard InChI is InChI=1S/C14H19BrN4O2/c1-17(2)14(21)19-5-3-18(4-6-19)13(20)10-7-11(15)9-12(16)8-10/h7-9H,3-6,16H2,1-2H3. The van der Waals surface area contributed by atoms with Gasteiger partial charge in [0.05, 0.1) is 0 Å². The molecule has 0 atom stereocenters. The van der Waals surface area contributed by atoms with Crippen LogP contribution < -0.4 is 5.73 Å². The Labute approximate surface area is 132 Å². The monoisotopic (exact) mass is 354 g/mol. The lowest BCUT2D eigenvalue weighted by atomic mass is 10.1. The van der Waals surface area contributed by atoms with E-state index >= 15 is 0 Å². The van der Waals surface area contributed by atoms with E-state index in [2.05, 4.69) is 15.9 Å². The van der Waals surface area contributed by atoms with Crippen LogP contribution >= 0.6 is 15.9 Å². The molecule has 0 bridgehead atoms. The van der Waals surface area contributed by atoms with Crippen LogP contribution in [0, 0.1) is 0 Å². The molecule has 1 aromatic carbocycles. The van der Waals surface area contributed by atoms with Gasteiger partial charge in [-0.1, -0.05) is 15.9 Å². The Bertz CT molecular complexity index is 534. The van der Waals surface area contributed by atoms with Gasteiger partial charge in [-0.3, -0.25) is 4.79 Å². The van der Waals surface area contributed by atoms with Crippen molar-refractivity contribution in [3.8, 4) is 0 Å². The number of rotatable bonds is 1.